The molecule has 0 aromatic rings. The van der Waals surface area contributed by atoms with Gasteiger partial charge in [0, 0.05) is 26.3 Å². The molecule has 0 atom stereocenters. The van der Waals surface area contributed by atoms with Crippen molar-refractivity contribution in [3.8, 4) is 0 Å². The van der Waals surface area contributed by atoms with Gasteiger partial charge in [-0.15, -0.1) is 0 Å². The van der Waals surface area contributed by atoms with Crippen LogP contribution in [0.5, 0.6) is 0 Å². The molecule has 0 aliphatic carbocycles. The van der Waals surface area contributed by atoms with Crippen LogP contribution in [-0.4, -0.2) is 64.1 Å². The molecule has 1 saturated heterocycles. The summed E-state index contributed by atoms with van der Waals surface area (Å²) in [6.07, 6.45) is 4.00. The number of hydrogen-bond donors (Lipinski definition) is 1. The number of nitrogens with one attached hydrogen (secondary N) is 1. The monoisotopic (exact) mass is 272 g/mol. The summed E-state index contributed by atoms with van der Waals surface area (Å²) in [5.41, 5.74) is 0. The van der Waals surface area contributed by atoms with Crippen molar-refractivity contribution in [1.29, 1.82) is 0 Å². The zero-order chi connectivity index (χ0) is 13.8. The van der Waals surface area contributed by atoms with Crippen molar-refractivity contribution in [1.82, 2.24) is 10.2 Å². The minimum atomic E-state index is 0.813. The summed E-state index contributed by atoms with van der Waals surface area (Å²) in [6, 6.07) is 0. The Morgan fingerprint density at radius 1 is 0.947 bits per heavy atom. The largest absolute Gasteiger partial charge is 0.380 e. The Kier molecular flexibility index (Phi) is 10.4. The average Bonchev–Trinajstić information content (AvgIpc) is 2.45. The Morgan fingerprint density at radius 3 is 2.05 bits per heavy atom. The second-order valence-electron chi connectivity index (χ2n) is 5.22. The van der Waals surface area contributed by atoms with Crippen LogP contribution < -0.4 is 5.32 Å². The second kappa shape index (κ2) is 11.6. The van der Waals surface area contributed by atoms with Crippen molar-refractivity contribution in [3.05, 3.63) is 0 Å². The molecule has 1 N–H and O–H groups in total. The van der Waals surface area contributed by atoms with Crippen LogP contribution in [0.1, 0.15) is 33.1 Å². The molecule has 1 aliphatic rings. The van der Waals surface area contributed by atoms with E-state index in [4.69, 9.17) is 9.47 Å². The third-order valence-electron chi connectivity index (χ3n) is 3.82. The predicted octanol–water partition coefficient (Wildman–Crippen LogP) is 1.75. The normalized spacial score (nSPS) is 17.2. The van der Waals surface area contributed by atoms with E-state index in [1.54, 1.807) is 0 Å². The molecular formula is C15H32N2O2. The Bertz CT molecular complexity index is 187. The summed E-state index contributed by atoms with van der Waals surface area (Å²) in [6.45, 7) is 13.1. The van der Waals surface area contributed by atoms with Gasteiger partial charge in [-0.3, -0.25) is 4.90 Å². The van der Waals surface area contributed by atoms with Crippen molar-refractivity contribution in [2.45, 2.75) is 33.1 Å². The molecule has 0 radical (unpaired) electrons. The second-order valence-corrected chi connectivity index (χ2v) is 5.22. The van der Waals surface area contributed by atoms with E-state index >= 15 is 0 Å². The predicted molar refractivity (Wildman–Crippen MR) is 79.6 cm³/mol. The van der Waals surface area contributed by atoms with Gasteiger partial charge in [0.1, 0.15) is 0 Å². The molecule has 0 spiro atoms. The Morgan fingerprint density at radius 2 is 1.53 bits per heavy atom. The van der Waals surface area contributed by atoms with E-state index in [-0.39, 0.29) is 0 Å². The van der Waals surface area contributed by atoms with E-state index in [0.717, 1.165) is 45.4 Å². The quantitative estimate of drug-likeness (QED) is 0.581. The van der Waals surface area contributed by atoms with Gasteiger partial charge < -0.3 is 14.8 Å². The minimum Gasteiger partial charge on any atom is -0.380 e. The fourth-order valence-corrected chi connectivity index (χ4v) is 2.55. The van der Waals surface area contributed by atoms with Gasteiger partial charge in [0.2, 0.25) is 0 Å². The van der Waals surface area contributed by atoms with Crippen molar-refractivity contribution >= 4 is 0 Å². The van der Waals surface area contributed by atoms with Crippen LogP contribution in [0.3, 0.4) is 0 Å². The zero-order valence-corrected chi connectivity index (χ0v) is 12.8. The molecule has 0 amide bonds. The maximum absolute atomic E-state index is 5.47. The lowest BCUT2D eigenvalue weighted by molar-refractivity contribution is 0.0793. The number of rotatable bonds is 11. The third kappa shape index (κ3) is 8.58. The summed E-state index contributed by atoms with van der Waals surface area (Å²) >= 11 is 0. The van der Waals surface area contributed by atoms with Gasteiger partial charge in [-0.25, -0.2) is 0 Å². The van der Waals surface area contributed by atoms with Crippen molar-refractivity contribution in [2.24, 2.45) is 5.92 Å². The topological polar surface area (TPSA) is 33.7 Å². The molecule has 0 bridgehead atoms. The first-order valence-electron chi connectivity index (χ1n) is 7.95. The summed E-state index contributed by atoms with van der Waals surface area (Å²) in [5, 5.41) is 3.43. The van der Waals surface area contributed by atoms with Crippen LogP contribution in [0.2, 0.25) is 0 Å². The molecule has 4 heteroatoms. The van der Waals surface area contributed by atoms with Gasteiger partial charge in [-0.1, -0.05) is 0 Å². The summed E-state index contributed by atoms with van der Waals surface area (Å²) < 4.78 is 10.9. The number of hydrogen-bond acceptors (Lipinski definition) is 4. The van der Waals surface area contributed by atoms with Gasteiger partial charge in [0.05, 0.1) is 13.2 Å². The smallest absolute Gasteiger partial charge is 0.0593 e. The molecule has 1 heterocycles. The summed E-state index contributed by atoms with van der Waals surface area (Å²) in [7, 11) is 0. The molecule has 0 aromatic carbocycles. The number of piperidine rings is 1. The molecule has 4 nitrogen and oxygen atoms in total. The maximum Gasteiger partial charge on any atom is 0.0593 e. The van der Waals surface area contributed by atoms with Crippen LogP contribution in [0.4, 0.5) is 0 Å². The highest BCUT2D eigenvalue weighted by Crippen LogP contribution is 2.16. The van der Waals surface area contributed by atoms with Crippen molar-refractivity contribution < 1.29 is 9.47 Å². The van der Waals surface area contributed by atoms with Crippen LogP contribution >= 0.6 is 0 Å². The van der Waals surface area contributed by atoms with Crippen LogP contribution in [0.15, 0.2) is 0 Å². The van der Waals surface area contributed by atoms with Gasteiger partial charge in [0.25, 0.3) is 0 Å². The molecule has 114 valence electrons. The molecule has 19 heavy (non-hydrogen) atoms. The highest BCUT2D eigenvalue weighted by atomic mass is 16.5. The van der Waals surface area contributed by atoms with E-state index in [0.29, 0.717) is 0 Å². The third-order valence-corrected chi connectivity index (χ3v) is 3.82. The van der Waals surface area contributed by atoms with E-state index in [1.165, 1.54) is 38.9 Å². The minimum absolute atomic E-state index is 0.813. The van der Waals surface area contributed by atoms with Gasteiger partial charge >= 0.3 is 0 Å². The first kappa shape index (κ1) is 16.9. The maximum atomic E-state index is 5.47. The lowest BCUT2D eigenvalue weighted by Crippen LogP contribution is -2.35. The van der Waals surface area contributed by atoms with E-state index < -0.39 is 0 Å². The van der Waals surface area contributed by atoms with Crippen LogP contribution in [-0.2, 0) is 9.47 Å². The Balaban J connectivity index is 2.17. The van der Waals surface area contributed by atoms with Crippen molar-refractivity contribution in [3.63, 3.8) is 0 Å². The molecular weight excluding hydrogens is 240 g/mol. The standard InChI is InChI=1S/C15H32N2O2/c1-3-18-13-11-17(12-14-19-4-2)10-7-15-5-8-16-9-6-15/h15-16H,3-14H2,1-2H3. The van der Waals surface area contributed by atoms with Crippen molar-refractivity contribution in [2.75, 3.05) is 59.2 Å². The first-order chi connectivity index (χ1) is 9.36. The SMILES string of the molecule is CCOCCN(CCOCC)CCC1CCNCC1. The van der Waals surface area contributed by atoms with E-state index in [1.807, 2.05) is 0 Å². The van der Waals surface area contributed by atoms with E-state index in [9.17, 15) is 0 Å². The molecule has 0 unspecified atom stereocenters. The summed E-state index contributed by atoms with van der Waals surface area (Å²) in [5.74, 6) is 0.905. The number of nitrogens with zero attached hydrogens (tertiary/aromatic N) is 1. The highest BCUT2D eigenvalue weighted by molar-refractivity contribution is 4.70. The highest BCUT2D eigenvalue weighted by Gasteiger charge is 2.14. The Hall–Kier alpha value is -0.160. The molecule has 1 fully saturated rings. The molecule has 1 aliphatic heterocycles. The number of ether oxygens (including phenoxy) is 2. The fraction of sp³-hybridized carbons (Fsp3) is 1.00. The van der Waals surface area contributed by atoms with Crippen LogP contribution in [0, 0.1) is 5.92 Å². The average molecular weight is 272 g/mol. The van der Waals surface area contributed by atoms with Gasteiger partial charge in [0.15, 0.2) is 0 Å². The molecule has 0 saturated carbocycles. The van der Waals surface area contributed by atoms with Gasteiger partial charge in [-0.2, -0.15) is 0 Å². The summed E-state index contributed by atoms with van der Waals surface area (Å²) in [4.78, 5) is 2.49. The van der Waals surface area contributed by atoms with Crippen LogP contribution in [0.25, 0.3) is 0 Å². The van der Waals surface area contributed by atoms with E-state index in [2.05, 4.69) is 24.1 Å². The fourth-order valence-electron chi connectivity index (χ4n) is 2.55. The lowest BCUT2D eigenvalue weighted by Gasteiger charge is -2.27. The molecule has 1 rings (SSSR count). The first-order valence-corrected chi connectivity index (χ1v) is 7.95. The Labute approximate surface area is 118 Å². The molecule has 0 aromatic heterocycles. The lowest BCUT2D eigenvalue weighted by atomic mass is 9.94. The zero-order valence-electron chi connectivity index (χ0n) is 12.8. The van der Waals surface area contributed by atoms with Gasteiger partial charge in [-0.05, 0) is 58.7 Å².